The van der Waals surface area contributed by atoms with Gasteiger partial charge in [-0.05, 0) is 25.0 Å². The van der Waals surface area contributed by atoms with Crippen LogP contribution in [0.25, 0.3) is 0 Å². The Morgan fingerprint density at radius 3 is 2.31 bits per heavy atom. The van der Waals surface area contributed by atoms with Gasteiger partial charge in [0.05, 0.1) is 0 Å². The fourth-order valence-corrected chi connectivity index (χ4v) is 1.72. The highest BCUT2D eigenvalue weighted by Crippen LogP contribution is 2.19. The lowest BCUT2D eigenvalue weighted by molar-refractivity contribution is 0.222. The smallest absolute Gasteiger partial charge is 0.322 e. The minimum absolute atomic E-state index is 0.376. The first-order valence-electron chi connectivity index (χ1n) is 5.18. The van der Waals surface area contributed by atoms with Crippen LogP contribution in [0.4, 0.5) is 19.3 Å². The Kier molecular flexibility index (Phi) is 3.03. The molecule has 2 amide bonds. The molecule has 0 unspecified atom stereocenters. The summed E-state index contributed by atoms with van der Waals surface area (Å²) in [6, 6.07) is 3.04. The molecular weight excluding hydrogens is 214 g/mol. The molecule has 1 N–H and O–H groups in total. The molecule has 1 aliphatic rings. The number of benzene rings is 1. The number of nitrogens with one attached hydrogen (secondary N) is 1. The Bertz CT molecular complexity index is 383. The zero-order chi connectivity index (χ0) is 11.5. The second-order valence-corrected chi connectivity index (χ2v) is 3.72. The molecule has 5 heteroatoms. The molecule has 86 valence electrons. The summed E-state index contributed by atoms with van der Waals surface area (Å²) in [6.45, 7) is 1.28. The molecule has 0 spiro atoms. The van der Waals surface area contributed by atoms with Crippen LogP contribution in [0.3, 0.4) is 0 Å². The number of rotatable bonds is 1. The van der Waals surface area contributed by atoms with Gasteiger partial charge in [-0.2, -0.15) is 0 Å². The number of nitrogens with zero attached hydrogens (tertiary/aromatic N) is 1. The van der Waals surface area contributed by atoms with E-state index in [-0.39, 0.29) is 5.69 Å². The molecule has 0 aromatic heterocycles. The van der Waals surface area contributed by atoms with Gasteiger partial charge >= 0.3 is 6.03 Å². The van der Waals surface area contributed by atoms with Crippen molar-refractivity contribution in [3.8, 4) is 0 Å². The largest absolute Gasteiger partial charge is 0.325 e. The van der Waals surface area contributed by atoms with Gasteiger partial charge in [-0.25, -0.2) is 13.6 Å². The molecule has 1 aromatic rings. The highest BCUT2D eigenvalue weighted by Gasteiger charge is 2.20. The average Bonchev–Trinajstić information content (AvgIpc) is 2.76. The summed E-state index contributed by atoms with van der Waals surface area (Å²) in [6.07, 6.45) is 1.88. The second-order valence-electron chi connectivity index (χ2n) is 3.72. The van der Waals surface area contributed by atoms with Crippen molar-refractivity contribution in [3.63, 3.8) is 0 Å². The van der Waals surface area contributed by atoms with E-state index in [2.05, 4.69) is 5.32 Å². The highest BCUT2D eigenvalue weighted by molar-refractivity contribution is 5.89. The first-order chi connectivity index (χ1) is 7.68. The van der Waals surface area contributed by atoms with Crippen LogP contribution in [0, 0.1) is 11.6 Å². The van der Waals surface area contributed by atoms with Crippen LogP contribution in [0.2, 0.25) is 0 Å². The number of amides is 2. The van der Waals surface area contributed by atoms with Crippen molar-refractivity contribution >= 4 is 11.7 Å². The monoisotopic (exact) mass is 226 g/mol. The van der Waals surface area contributed by atoms with Crippen molar-refractivity contribution in [2.75, 3.05) is 18.4 Å². The minimum Gasteiger partial charge on any atom is -0.325 e. The summed E-state index contributed by atoms with van der Waals surface area (Å²) in [5.41, 5.74) is -0.376. The predicted octanol–water partition coefficient (Wildman–Crippen LogP) is 2.59. The third-order valence-corrected chi connectivity index (χ3v) is 2.59. The lowest BCUT2D eigenvalue weighted by atomic mass is 10.3. The van der Waals surface area contributed by atoms with Crippen LogP contribution < -0.4 is 5.32 Å². The third-order valence-electron chi connectivity index (χ3n) is 2.59. The number of urea groups is 1. The van der Waals surface area contributed by atoms with Crippen LogP contribution in [-0.2, 0) is 0 Å². The van der Waals surface area contributed by atoms with Crippen LogP contribution in [-0.4, -0.2) is 24.0 Å². The fourth-order valence-electron chi connectivity index (χ4n) is 1.72. The van der Waals surface area contributed by atoms with Crippen LogP contribution >= 0.6 is 0 Å². The van der Waals surface area contributed by atoms with E-state index in [1.165, 1.54) is 6.07 Å². The molecular formula is C11H12F2N2O. The van der Waals surface area contributed by atoms with Gasteiger partial charge in [0.2, 0.25) is 0 Å². The number of anilines is 1. The van der Waals surface area contributed by atoms with Gasteiger partial charge in [0.15, 0.2) is 0 Å². The van der Waals surface area contributed by atoms with Gasteiger partial charge in [-0.1, -0.05) is 6.07 Å². The first kappa shape index (κ1) is 10.9. The Hall–Kier alpha value is -1.65. The molecule has 0 atom stereocenters. The maximum absolute atomic E-state index is 13.2. The summed E-state index contributed by atoms with van der Waals surface area (Å²) in [4.78, 5) is 13.1. The van der Waals surface area contributed by atoms with Crippen molar-refractivity contribution < 1.29 is 13.6 Å². The molecule has 0 bridgehead atoms. The van der Waals surface area contributed by atoms with Crippen LogP contribution in [0.1, 0.15) is 12.8 Å². The van der Waals surface area contributed by atoms with E-state index in [0.29, 0.717) is 13.1 Å². The van der Waals surface area contributed by atoms with E-state index >= 15 is 0 Å². The number of hydrogen-bond donors (Lipinski definition) is 1. The Morgan fingerprint density at radius 1 is 1.19 bits per heavy atom. The average molecular weight is 226 g/mol. The van der Waals surface area contributed by atoms with Gasteiger partial charge in [-0.15, -0.1) is 0 Å². The molecule has 0 saturated carbocycles. The molecule has 3 nitrogen and oxygen atoms in total. The van der Waals surface area contributed by atoms with Crippen molar-refractivity contribution in [2.45, 2.75) is 12.8 Å². The first-order valence-corrected chi connectivity index (χ1v) is 5.18. The Morgan fingerprint density at radius 2 is 1.75 bits per heavy atom. The molecule has 1 heterocycles. The minimum atomic E-state index is -0.757. The van der Waals surface area contributed by atoms with Crippen molar-refractivity contribution in [2.24, 2.45) is 0 Å². The van der Waals surface area contributed by atoms with Gasteiger partial charge < -0.3 is 10.2 Å². The molecule has 1 fully saturated rings. The van der Waals surface area contributed by atoms with E-state index in [0.717, 1.165) is 25.0 Å². The van der Waals surface area contributed by atoms with Gasteiger partial charge in [0, 0.05) is 13.1 Å². The maximum Gasteiger partial charge on any atom is 0.322 e. The molecule has 1 aromatic carbocycles. The summed E-state index contributed by atoms with van der Waals surface area (Å²) in [5, 5.41) is 2.26. The van der Waals surface area contributed by atoms with Crippen molar-refractivity contribution in [3.05, 3.63) is 29.8 Å². The zero-order valence-electron chi connectivity index (χ0n) is 8.67. The predicted molar refractivity (Wildman–Crippen MR) is 56.2 cm³/mol. The van der Waals surface area contributed by atoms with Gasteiger partial charge in [0.25, 0.3) is 0 Å². The van der Waals surface area contributed by atoms with E-state index in [9.17, 15) is 13.6 Å². The summed E-state index contributed by atoms with van der Waals surface area (Å²) in [7, 11) is 0. The van der Waals surface area contributed by atoms with Crippen molar-refractivity contribution in [1.29, 1.82) is 0 Å². The Balaban J connectivity index is 2.11. The summed E-state index contributed by atoms with van der Waals surface area (Å²) < 4.78 is 26.4. The number of hydrogen-bond acceptors (Lipinski definition) is 1. The second kappa shape index (κ2) is 4.47. The molecule has 0 aliphatic carbocycles. The quantitative estimate of drug-likeness (QED) is 0.784. The SMILES string of the molecule is O=C(Nc1c(F)cccc1F)N1CCCC1. The zero-order valence-corrected chi connectivity index (χ0v) is 8.67. The number of para-hydroxylation sites is 1. The maximum atomic E-state index is 13.2. The normalized spacial score (nSPS) is 15.2. The standard InChI is InChI=1S/C11H12F2N2O/c12-8-4-3-5-9(13)10(8)14-11(16)15-6-1-2-7-15/h3-5H,1-2,6-7H2,(H,14,16). The number of carbonyl (C=O) groups is 1. The van der Waals surface area contributed by atoms with Gasteiger partial charge in [-0.3, -0.25) is 0 Å². The van der Waals surface area contributed by atoms with E-state index in [1.54, 1.807) is 4.90 Å². The topological polar surface area (TPSA) is 32.3 Å². The Labute approximate surface area is 92.1 Å². The number of likely N-dealkylation sites (tertiary alicyclic amines) is 1. The molecule has 2 rings (SSSR count). The van der Waals surface area contributed by atoms with Crippen LogP contribution in [0.15, 0.2) is 18.2 Å². The fraction of sp³-hybridized carbons (Fsp3) is 0.364. The van der Waals surface area contributed by atoms with Gasteiger partial charge in [0.1, 0.15) is 17.3 Å². The van der Waals surface area contributed by atoms with E-state index < -0.39 is 17.7 Å². The van der Waals surface area contributed by atoms with E-state index in [4.69, 9.17) is 0 Å². The molecule has 16 heavy (non-hydrogen) atoms. The third kappa shape index (κ3) is 2.13. The molecule has 1 saturated heterocycles. The lowest BCUT2D eigenvalue weighted by Gasteiger charge is -2.16. The summed E-state index contributed by atoms with van der Waals surface area (Å²) >= 11 is 0. The van der Waals surface area contributed by atoms with Crippen LogP contribution in [0.5, 0.6) is 0 Å². The van der Waals surface area contributed by atoms with Crippen molar-refractivity contribution in [1.82, 2.24) is 4.90 Å². The van der Waals surface area contributed by atoms with E-state index in [1.807, 2.05) is 0 Å². The summed E-state index contributed by atoms with van der Waals surface area (Å²) in [5.74, 6) is -1.51. The number of halogens is 2. The lowest BCUT2D eigenvalue weighted by Crippen LogP contribution is -2.32. The molecule has 1 aliphatic heterocycles. The highest BCUT2D eigenvalue weighted by atomic mass is 19.1. The molecule has 0 radical (unpaired) electrons. The number of carbonyl (C=O) groups excluding carboxylic acids is 1.